The van der Waals surface area contributed by atoms with Crippen LogP contribution in [0.5, 0.6) is 0 Å². The number of fused-ring (bicyclic) bond motifs is 2. The molecule has 0 radical (unpaired) electrons. The van der Waals surface area contributed by atoms with E-state index in [1.807, 2.05) is 0 Å². The number of thiazole rings is 2. The van der Waals surface area contributed by atoms with Crippen LogP contribution in [-0.4, -0.2) is 35.9 Å². The van der Waals surface area contributed by atoms with E-state index >= 15 is 0 Å². The molecule has 212 valence electrons. The van der Waals surface area contributed by atoms with Crippen molar-refractivity contribution in [3.05, 3.63) is 83.9 Å². The van der Waals surface area contributed by atoms with Crippen molar-refractivity contribution < 1.29 is 85.1 Å². The molecule has 6 aromatic rings. The van der Waals surface area contributed by atoms with Crippen LogP contribution < -0.4 is 59.1 Å². The molecule has 10 nitrogen and oxygen atoms in total. The number of benzene rings is 4. The second-order valence-electron chi connectivity index (χ2n) is 9.36. The van der Waals surface area contributed by atoms with E-state index in [-0.39, 0.29) is 79.9 Å². The Hall–Kier alpha value is -1.92. The van der Waals surface area contributed by atoms with Gasteiger partial charge in [-0.2, -0.15) is 10.2 Å². The molecule has 16 heteroatoms. The van der Waals surface area contributed by atoms with E-state index in [0.717, 1.165) is 11.1 Å². The first-order valence-corrected chi connectivity index (χ1v) is 16.7. The van der Waals surface area contributed by atoms with Crippen molar-refractivity contribution in [2.24, 2.45) is 10.2 Å². The van der Waals surface area contributed by atoms with Crippen LogP contribution in [0.1, 0.15) is 11.1 Å². The molecular weight excluding hydrogens is 663 g/mol. The van der Waals surface area contributed by atoms with Crippen molar-refractivity contribution >= 4 is 74.7 Å². The zero-order valence-corrected chi connectivity index (χ0v) is 31.1. The third-order valence-corrected chi connectivity index (χ3v) is 10.6. The minimum atomic E-state index is -4.67. The minimum Gasteiger partial charge on any atom is -0.744 e. The van der Waals surface area contributed by atoms with Crippen LogP contribution in [0.3, 0.4) is 0 Å². The molecule has 2 heterocycles. The van der Waals surface area contributed by atoms with Crippen molar-refractivity contribution in [1.82, 2.24) is 9.97 Å². The Kier molecular flexibility index (Phi) is 10.7. The van der Waals surface area contributed by atoms with Gasteiger partial charge in [-0.05, 0) is 85.6 Å². The zero-order chi connectivity index (χ0) is 29.8. The van der Waals surface area contributed by atoms with E-state index in [0.29, 0.717) is 41.9 Å². The van der Waals surface area contributed by atoms with Crippen LogP contribution >= 0.6 is 22.7 Å². The molecule has 0 amide bonds. The molecule has 0 N–H and O–H groups in total. The van der Waals surface area contributed by atoms with Gasteiger partial charge in [0.05, 0.1) is 41.6 Å². The van der Waals surface area contributed by atoms with Gasteiger partial charge < -0.3 is 9.11 Å². The molecule has 0 atom stereocenters. The Bertz CT molecular complexity index is 2110. The molecule has 6 rings (SSSR count). The number of rotatable bonds is 6. The maximum atomic E-state index is 11.8. The molecular formula is C28H18N4Na2O6S4. The molecule has 0 saturated carbocycles. The largest absolute Gasteiger partial charge is 1.00 e. The number of hydrogen-bond donors (Lipinski definition) is 0. The van der Waals surface area contributed by atoms with E-state index < -0.39 is 20.2 Å². The summed E-state index contributed by atoms with van der Waals surface area (Å²) in [5.41, 5.74) is 3.71. The summed E-state index contributed by atoms with van der Waals surface area (Å²) < 4.78 is 71.9. The smallest absolute Gasteiger partial charge is 0.744 e. The van der Waals surface area contributed by atoms with Gasteiger partial charge in [0.2, 0.25) is 0 Å². The molecule has 0 spiro atoms. The van der Waals surface area contributed by atoms with E-state index in [2.05, 4.69) is 20.2 Å². The van der Waals surface area contributed by atoms with Crippen molar-refractivity contribution in [1.29, 1.82) is 0 Å². The third kappa shape index (κ3) is 7.07. The Labute approximate surface area is 305 Å². The summed E-state index contributed by atoms with van der Waals surface area (Å²) in [4.78, 5) is 8.29. The van der Waals surface area contributed by atoms with E-state index in [9.17, 15) is 25.9 Å². The molecule has 44 heavy (non-hydrogen) atoms. The molecule has 0 aliphatic heterocycles. The van der Waals surface area contributed by atoms with E-state index in [1.54, 1.807) is 86.6 Å². The van der Waals surface area contributed by atoms with Gasteiger partial charge in [0.15, 0.2) is 0 Å². The van der Waals surface area contributed by atoms with Gasteiger partial charge in [-0.3, -0.25) is 0 Å². The normalized spacial score (nSPS) is 12.0. The number of hydrogen-bond acceptors (Lipinski definition) is 12. The molecule has 4 aromatic carbocycles. The molecule has 0 unspecified atom stereocenters. The van der Waals surface area contributed by atoms with Crippen molar-refractivity contribution in [2.45, 2.75) is 23.6 Å². The average molecular weight is 681 g/mol. The fourth-order valence-corrected chi connectivity index (χ4v) is 8.27. The molecule has 0 aliphatic rings. The minimum absolute atomic E-state index is 0. The maximum Gasteiger partial charge on any atom is 1.00 e. The summed E-state index contributed by atoms with van der Waals surface area (Å²) >= 11 is 2.58. The van der Waals surface area contributed by atoms with E-state index in [4.69, 9.17) is 0 Å². The van der Waals surface area contributed by atoms with Gasteiger partial charge in [-0.25, -0.2) is 26.8 Å². The quantitative estimate of drug-likeness (QED) is 0.143. The summed E-state index contributed by atoms with van der Waals surface area (Å²) in [6.07, 6.45) is 0. The summed E-state index contributed by atoms with van der Waals surface area (Å²) in [5, 5.41) is 9.69. The standard InChI is InChI=1S/C28H20N4O6S4.2Na/c1-15-3-13-21-23(25(15)41(33,34)35)29-27(39-21)17-5-9-19(10-6-17)31-32-20-11-7-18(8-12-20)28-30-24-22(40-28)14-4-16(2)26(24)42(36,37)38;;/h3-14H,1-2H3,(H,33,34,35)(H,36,37,38);;/q;2*+1/p-2. The van der Waals surface area contributed by atoms with Crippen molar-refractivity contribution in [3.63, 3.8) is 0 Å². The summed E-state index contributed by atoms with van der Waals surface area (Å²) in [5.74, 6) is 0. The average Bonchev–Trinajstić information content (AvgIpc) is 3.55. The second-order valence-corrected chi connectivity index (χ2v) is 14.1. The summed E-state index contributed by atoms with van der Waals surface area (Å²) in [6, 6.07) is 20.9. The summed E-state index contributed by atoms with van der Waals surface area (Å²) in [6.45, 7) is 3.14. The first kappa shape index (κ1) is 34.9. The molecule has 0 bridgehead atoms. The van der Waals surface area contributed by atoms with Crippen LogP contribution in [0.25, 0.3) is 41.6 Å². The molecule has 0 saturated heterocycles. The van der Waals surface area contributed by atoms with Gasteiger partial charge in [0, 0.05) is 11.1 Å². The monoisotopic (exact) mass is 680 g/mol. The predicted molar refractivity (Wildman–Crippen MR) is 160 cm³/mol. The summed E-state index contributed by atoms with van der Waals surface area (Å²) in [7, 11) is -9.35. The maximum absolute atomic E-state index is 11.8. The predicted octanol–water partition coefficient (Wildman–Crippen LogP) is 1.09. The SMILES string of the molecule is Cc1ccc2sc(-c3ccc(N=Nc4ccc(-c5nc6c(S(=O)(=O)[O-])c(C)ccc6s5)cc4)cc3)nc2c1S(=O)(=O)[O-].[Na+].[Na+]. The topological polar surface area (TPSA) is 165 Å². The Morgan fingerprint density at radius 3 is 1.23 bits per heavy atom. The molecule has 2 aromatic heterocycles. The van der Waals surface area contributed by atoms with Crippen LogP contribution in [0.2, 0.25) is 0 Å². The Balaban J connectivity index is 0.00000221. The second kappa shape index (κ2) is 13.4. The number of aromatic nitrogens is 2. The van der Waals surface area contributed by atoms with E-state index in [1.165, 1.54) is 22.7 Å². The van der Waals surface area contributed by atoms with Crippen LogP contribution in [-0.2, 0) is 20.2 Å². The molecule has 0 fully saturated rings. The number of azo groups is 1. The number of nitrogens with zero attached hydrogens (tertiary/aromatic N) is 4. The zero-order valence-electron chi connectivity index (χ0n) is 23.8. The first-order chi connectivity index (χ1) is 19.9. The van der Waals surface area contributed by atoms with Crippen LogP contribution in [0.15, 0.2) is 92.8 Å². The van der Waals surface area contributed by atoms with Crippen LogP contribution in [0.4, 0.5) is 11.4 Å². The fourth-order valence-electron chi connectivity index (χ4n) is 4.48. The number of aryl methyl sites for hydroxylation is 2. The van der Waals surface area contributed by atoms with Gasteiger partial charge in [-0.15, -0.1) is 22.7 Å². The molecule has 0 aliphatic carbocycles. The van der Waals surface area contributed by atoms with Crippen molar-refractivity contribution in [2.75, 3.05) is 0 Å². The first-order valence-electron chi connectivity index (χ1n) is 12.2. The fraction of sp³-hybridized carbons (Fsp3) is 0.0714. The van der Waals surface area contributed by atoms with Gasteiger partial charge >= 0.3 is 59.1 Å². The third-order valence-electron chi connectivity index (χ3n) is 6.43. The Morgan fingerprint density at radius 2 is 0.909 bits per heavy atom. The Morgan fingerprint density at radius 1 is 0.568 bits per heavy atom. The van der Waals surface area contributed by atoms with Gasteiger partial charge in [0.1, 0.15) is 30.3 Å². The van der Waals surface area contributed by atoms with Gasteiger partial charge in [-0.1, -0.05) is 12.1 Å². The van der Waals surface area contributed by atoms with Crippen LogP contribution in [0, 0.1) is 13.8 Å². The van der Waals surface area contributed by atoms with Gasteiger partial charge in [0.25, 0.3) is 0 Å². The van der Waals surface area contributed by atoms with Crippen molar-refractivity contribution in [3.8, 4) is 21.1 Å².